The summed E-state index contributed by atoms with van der Waals surface area (Å²) < 4.78 is 1.94. The highest BCUT2D eigenvalue weighted by atomic mass is 35.5. The number of halogens is 1. The van der Waals surface area contributed by atoms with Gasteiger partial charge in [0, 0.05) is 37.4 Å². The Balaban J connectivity index is 0.00000225. The van der Waals surface area contributed by atoms with Gasteiger partial charge in [0.15, 0.2) is 0 Å². The van der Waals surface area contributed by atoms with Crippen LogP contribution in [0.2, 0.25) is 0 Å². The molecule has 0 radical (unpaired) electrons. The van der Waals surface area contributed by atoms with Crippen LogP contribution in [0.5, 0.6) is 0 Å². The van der Waals surface area contributed by atoms with Gasteiger partial charge >= 0.3 is 0 Å². The predicted molar refractivity (Wildman–Crippen MR) is 69.9 cm³/mol. The van der Waals surface area contributed by atoms with Gasteiger partial charge in [0.25, 0.3) is 0 Å². The Labute approximate surface area is 104 Å². The van der Waals surface area contributed by atoms with Crippen LogP contribution in [0.15, 0.2) is 0 Å². The monoisotopic (exact) mass is 246 g/mol. The zero-order valence-electron chi connectivity index (χ0n) is 10.8. The number of nitrogens with zero attached hydrogens (tertiary/aromatic N) is 3. The first kappa shape index (κ1) is 15.4. The van der Waals surface area contributed by atoms with Crippen molar-refractivity contribution >= 4 is 12.4 Å². The molecule has 1 rings (SSSR count). The highest BCUT2D eigenvalue weighted by molar-refractivity contribution is 5.85. The molecule has 0 saturated carbocycles. The summed E-state index contributed by atoms with van der Waals surface area (Å²) in [4.78, 5) is 2.26. The normalized spacial score (nSPS) is 12.7. The molecular formula is C11H23ClN4. The second kappa shape index (κ2) is 6.23. The van der Waals surface area contributed by atoms with Gasteiger partial charge in [-0.2, -0.15) is 5.10 Å². The Morgan fingerprint density at radius 1 is 1.44 bits per heavy atom. The SMILES string of the molecule is Cc1nn(C)c(C)c1CN(C)C(C)CN.Cl. The van der Waals surface area contributed by atoms with E-state index in [1.165, 1.54) is 11.3 Å². The molecule has 0 aliphatic rings. The first-order chi connectivity index (χ1) is 6.97. The molecule has 1 aromatic heterocycles. The summed E-state index contributed by atoms with van der Waals surface area (Å²) >= 11 is 0. The minimum atomic E-state index is 0. The fourth-order valence-electron chi connectivity index (χ4n) is 1.63. The van der Waals surface area contributed by atoms with Crippen molar-refractivity contribution in [2.75, 3.05) is 13.6 Å². The Morgan fingerprint density at radius 2 is 2.00 bits per heavy atom. The van der Waals surface area contributed by atoms with Crippen LogP contribution >= 0.6 is 12.4 Å². The third kappa shape index (κ3) is 3.20. The van der Waals surface area contributed by atoms with E-state index in [9.17, 15) is 0 Å². The highest BCUT2D eigenvalue weighted by Crippen LogP contribution is 2.14. The van der Waals surface area contributed by atoms with Gasteiger partial charge in [-0.25, -0.2) is 0 Å². The number of hydrogen-bond acceptors (Lipinski definition) is 3. The van der Waals surface area contributed by atoms with Crippen LogP contribution in [0, 0.1) is 13.8 Å². The minimum absolute atomic E-state index is 0. The standard InChI is InChI=1S/C11H22N4.ClH/c1-8(6-12)14(4)7-11-9(2)13-15(5)10(11)3;/h8H,6-7,12H2,1-5H3;1H. The van der Waals surface area contributed by atoms with Crippen molar-refractivity contribution in [3.8, 4) is 0 Å². The van der Waals surface area contributed by atoms with Crippen LogP contribution in [-0.4, -0.2) is 34.3 Å². The molecule has 16 heavy (non-hydrogen) atoms. The van der Waals surface area contributed by atoms with Gasteiger partial charge in [0.05, 0.1) is 5.69 Å². The molecule has 4 nitrogen and oxygen atoms in total. The first-order valence-corrected chi connectivity index (χ1v) is 5.36. The van der Waals surface area contributed by atoms with Gasteiger partial charge in [-0.05, 0) is 27.8 Å². The Bertz CT molecular complexity index is 335. The number of nitrogens with two attached hydrogens (primary N) is 1. The molecule has 94 valence electrons. The van der Waals surface area contributed by atoms with E-state index in [2.05, 4.69) is 37.8 Å². The molecule has 0 aliphatic heterocycles. The molecule has 0 aliphatic carbocycles. The Hall–Kier alpha value is -0.580. The summed E-state index contributed by atoms with van der Waals surface area (Å²) in [6, 6.07) is 0.406. The van der Waals surface area contributed by atoms with Crippen LogP contribution in [-0.2, 0) is 13.6 Å². The van der Waals surface area contributed by atoms with Gasteiger partial charge in [-0.15, -0.1) is 12.4 Å². The number of likely N-dealkylation sites (N-methyl/N-ethyl adjacent to an activating group) is 1. The van der Waals surface area contributed by atoms with Crippen molar-refractivity contribution in [2.45, 2.75) is 33.4 Å². The van der Waals surface area contributed by atoms with E-state index in [1.807, 2.05) is 11.7 Å². The van der Waals surface area contributed by atoms with Crippen LogP contribution in [0.3, 0.4) is 0 Å². The molecule has 1 heterocycles. The molecule has 0 fully saturated rings. The van der Waals surface area contributed by atoms with Gasteiger partial charge in [-0.1, -0.05) is 0 Å². The van der Waals surface area contributed by atoms with E-state index in [0.717, 1.165) is 12.2 Å². The van der Waals surface area contributed by atoms with Crippen molar-refractivity contribution in [2.24, 2.45) is 12.8 Å². The van der Waals surface area contributed by atoms with Crippen molar-refractivity contribution < 1.29 is 0 Å². The van der Waals surface area contributed by atoms with Crippen LogP contribution < -0.4 is 5.73 Å². The van der Waals surface area contributed by atoms with Crippen LogP contribution in [0.1, 0.15) is 23.9 Å². The quantitative estimate of drug-likeness (QED) is 0.870. The second-order valence-electron chi connectivity index (χ2n) is 4.27. The van der Waals surface area contributed by atoms with Gasteiger partial charge in [0.1, 0.15) is 0 Å². The third-order valence-electron chi connectivity index (χ3n) is 3.16. The zero-order chi connectivity index (χ0) is 11.6. The average molecular weight is 247 g/mol. The maximum Gasteiger partial charge on any atom is 0.0641 e. The molecule has 0 aromatic carbocycles. The maximum absolute atomic E-state index is 5.65. The highest BCUT2D eigenvalue weighted by Gasteiger charge is 2.14. The lowest BCUT2D eigenvalue weighted by atomic mass is 10.1. The lowest BCUT2D eigenvalue weighted by molar-refractivity contribution is 0.254. The molecule has 0 bridgehead atoms. The predicted octanol–water partition coefficient (Wildman–Crippen LogP) is 1.24. The van der Waals surface area contributed by atoms with E-state index in [-0.39, 0.29) is 12.4 Å². The Morgan fingerprint density at radius 3 is 2.38 bits per heavy atom. The van der Waals surface area contributed by atoms with Gasteiger partial charge < -0.3 is 5.73 Å². The molecular weight excluding hydrogens is 224 g/mol. The van der Waals surface area contributed by atoms with E-state index < -0.39 is 0 Å². The Kier molecular flexibility index (Phi) is 6.00. The first-order valence-electron chi connectivity index (χ1n) is 5.36. The van der Waals surface area contributed by atoms with Crippen LogP contribution in [0.4, 0.5) is 0 Å². The minimum Gasteiger partial charge on any atom is -0.329 e. The maximum atomic E-state index is 5.65. The molecule has 1 aromatic rings. The number of rotatable bonds is 4. The molecule has 1 unspecified atom stereocenters. The lowest BCUT2D eigenvalue weighted by Gasteiger charge is -2.23. The molecule has 0 spiro atoms. The van der Waals surface area contributed by atoms with Gasteiger partial charge in [-0.3, -0.25) is 9.58 Å². The summed E-state index contributed by atoms with van der Waals surface area (Å²) in [6.45, 7) is 7.92. The fraction of sp³-hybridized carbons (Fsp3) is 0.727. The summed E-state index contributed by atoms with van der Waals surface area (Å²) in [6.07, 6.45) is 0. The smallest absolute Gasteiger partial charge is 0.0641 e. The summed E-state index contributed by atoms with van der Waals surface area (Å²) in [5.41, 5.74) is 9.32. The molecule has 2 N–H and O–H groups in total. The molecule has 0 saturated heterocycles. The fourth-order valence-corrected chi connectivity index (χ4v) is 1.63. The lowest BCUT2D eigenvalue weighted by Crippen LogP contribution is -2.35. The van der Waals surface area contributed by atoms with Crippen molar-refractivity contribution in [1.82, 2.24) is 14.7 Å². The third-order valence-corrected chi connectivity index (χ3v) is 3.16. The molecule has 5 heteroatoms. The summed E-state index contributed by atoms with van der Waals surface area (Å²) in [7, 11) is 4.08. The van der Waals surface area contributed by atoms with Crippen molar-refractivity contribution in [1.29, 1.82) is 0 Å². The van der Waals surface area contributed by atoms with Crippen LogP contribution in [0.25, 0.3) is 0 Å². The van der Waals surface area contributed by atoms with E-state index in [0.29, 0.717) is 12.6 Å². The average Bonchev–Trinajstić information content (AvgIpc) is 2.43. The van der Waals surface area contributed by atoms with Crippen molar-refractivity contribution in [3.05, 3.63) is 17.0 Å². The van der Waals surface area contributed by atoms with Crippen molar-refractivity contribution in [3.63, 3.8) is 0 Å². The summed E-state index contributed by atoms with van der Waals surface area (Å²) in [5, 5.41) is 4.41. The van der Waals surface area contributed by atoms with E-state index >= 15 is 0 Å². The molecule has 1 atom stereocenters. The van der Waals surface area contributed by atoms with E-state index in [4.69, 9.17) is 5.73 Å². The number of aryl methyl sites for hydroxylation is 2. The topological polar surface area (TPSA) is 47.1 Å². The second-order valence-corrected chi connectivity index (χ2v) is 4.27. The molecule has 0 amide bonds. The number of aromatic nitrogens is 2. The van der Waals surface area contributed by atoms with E-state index in [1.54, 1.807) is 0 Å². The largest absolute Gasteiger partial charge is 0.329 e. The number of hydrogen-bond donors (Lipinski definition) is 1. The summed E-state index contributed by atoms with van der Waals surface area (Å²) in [5.74, 6) is 0. The zero-order valence-corrected chi connectivity index (χ0v) is 11.6. The van der Waals surface area contributed by atoms with Gasteiger partial charge in [0.2, 0.25) is 0 Å².